The predicted molar refractivity (Wildman–Crippen MR) is 48.1 cm³/mol. The monoisotopic (exact) mass is 183 g/mol. The van der Waals surface area contributed by atoms with Gasteiger partial charge in [-0.3, -0.25) is 0 Å². The maximum atomic E-state index is 8.84. The Hall–Kier alpha value is -0.580. The van der Waals surface area contributed by atoms with Crippen LogP contribution in [0.1, 0.15) is 0 Å². The van der Waals surface area contributed by atoms with Gasteiger partial charge in [-0.2, -0.15) is 0 Å². The number of rotatable bonds is 1. The standard InChI is InChI=1S/C7H5NOS2/c9-11-6-3-1-2-5-7(6)8-4-10-5/h1-4,9H. The van der Waals surface area contributed by atoms with Gasteiger partial charge in [0, 0.05) is 12.0 Å². The van der Waals surface area contributed by atoms with Crippen LogP contribution in [0, 0.1) is 0 Å². The first kappa shape index (κ1) is 7.09. The first-order chi connectivity index (χ1) is 5.42. The number of hydrogen-bond donors (Lipinski definition) is 1. The van der Waals surface area contributed by atoms with E-state index >= 15 is 0 Å². The minimum Gasteiger partial charge on any atom is -0.325 e. The molecule has 4 heteroatoms. The first-order valence-electron chi connectivity index (χ1n) is 3.05. The predicted octanol–water partition coefficient (Wildman–Crippen LogP) is 2.86. The van der Waals surface area contributed by atoms with Crippen molar-refractivity contribution in [2.45, 2.75) is 4.90 Å². The van der Waals surface area contributed by atoms with Gasteiger partial charge >= 0.3 is 0 Å². The van der Waals surface area contributed by atoms with Gasteiger partial charge in [0.2, 0.25) is 0 Å². The van der Waals surface area contributed by atoms with E-state index < -0.39 is 0 Å². The summed E-state index contributed by atoms with van der Waals surface area (Å²) in [6, 6.07) is 5.76. The molecule has 11 heavy (non-hydrogen) atoms. The molecule has 0 spiro atoms. The van der Waals surface area contributed by atoms with E-state index in [2.05, 4.69) is 4.98 Å². The van der Waals surface area contributed by atoms with E-state index in [-0.39, 0.29) is 0 Å². The Morgan fingerprint density at radius 3 is 3.18 bits per heavy atom. The highest BCUT2D eigenvalue weighted by atomic mass is 32.2. The van der Waals surface area contributed by atoms with Crippen LogP contribution in [-0.2, 0) is 0 Å². The summed E-state index contributed by atoms with van der Waals surface area (Å²) in [5.41, 5.74) is 2.68. The van der Waals surface area contributed by atoms with Crippen molar-refractivity contribution in [2.24, 2.45) is 0 Å². The van der Waals surface area contributed by atoms with Crippen LogP contribution >= 0.6 is 23.4 Å². The summed E-state index contributed by atoms with van der Waals surface area (Å²) >= 11 is 2.33. The highest BCUT2D eigenvalue weighted by molar-refractivity contribution is 7.94. The molecule has 0 radical (unpaired) electrons. The molecule has 1 aromatic heterocycles. The molecule has 56 valence electrons. The average Bonchev–Trinajstić information content (AvgIpc) is 2.50. The van der Waals surface area contributed by atoms with Crippen molar-refractivity contribution >= 4 is 33.6 Å². The second-order valence-electron chi connectivity index (χ2n) is 2.05. The van der Waals surface area contributed by atoms with Crippen molar-refractivity contribution in [1.29, 1.82) is 0 Å². The van der Waals surface area contributed by atoms with Crippen LogP contribution in [-0.4, -0.2) is 9.54 Å². The van der Waals surface area contributed by atoms with Crippen LogP contribution in [0.5, 0.6) is 0 Å². The lowest BCUT2D eigenvalue weighted by Crippen LogP contribution is -1.72. The molecule has 2 aromatic rings. The van der Waals surface area contributed by atoms with Gasteiger partial charge in [0.1, 0.15) is 0 Å². The van der Waals surface area contributed by atoms with E-state index in [9.17, 15) is 0 Å². The third-order valence-corrected chi connectivity index (χ3v) is 2.74. The van der Waals surface area contributed by atoms with Gasteiger partial charge in [-0.15, -0.1) is 11.3 Å². The Labute approximate surface area is 72.1 Å². The van der Waals surface area contributed by atoms with Gasteiger partial charge in [-0.05, 0) is 12.1 Å². The molecule has 1 N–H and O–H groups in total. The van der Waals surface area contributed by atoms with Gasteiger partial charge in [0.15, 0.2) is 0 Å². The summed E-state index contributed by atoms with van der Waals surface area (Å²) in [6.45, 7) is 0. The topological polar surface area (TPSA) is 33.1 Å². The number of thiazole rings is 1. The quantitative estimate of drug-likeness (QED) is 0.690. The lowest BCUT2D eigenvalue weighted by Gasteiger charge is -1.93. The number of benzene rings is 1. The summed E-state index contributed by atoms with van der Waals surface area (Å²) < 4.78 is 9.95. The molecule has 0 fully saturated rings. The van der Waals surface area contributed by atoms with E-state index in [0.717, 1.165) is 27.2 Å². The zero-order chi connectivity index (χ0) is 7.68. The molecule has 1 heterocycles. The molecular weight excluding hydrogens is 178 g/mol. The number of para-hydroxylation sites is 1. The van der Waals surface area contributed by atoms with Crippen LogP contribution in [0.3, 0.4) is 0 Å². The highest BCUT2D eigenvalue weighted by Crippen LogP contribution is 2.26. The fourth-order valence-corrected chi connectivity index (χ4v) is 2.09. The van der Waals surface area contributed by atoms with Crippen LogP contribution in [0.25, 0.3) is 10.2 Å². The molecule has 0 aliphatic carbocycles. The number of fused-ring (bicyclic) bond motifs is 1. The Bertz CT molecular complexity index is 371. The Kier molecular flexibility index (Phi) is 1.81. The van der Waals surface area contributed by atoms with Crippen molar-refractivity contribution in [3.8, 4) is 0 Å². The summed E-state index contributed by atoms with van der Waals surface area (Å²) in [4.78, 5) is 4.95. The highest BCUT2D eigenvalue weighted by Gasteiger charge is 2.01. The largest absolute Gasteiger partial charge is 0.325 e. The molecule has 0 saturated carbocycles. The molecule has 0 atom stereocenters. The zero-order valence-corrected chi connectivity index (χ0v) is 7.15. The zero-order valence-electron chi connectivity index (χ0n) is 5.52. The van der Waals surface area contributed by atoms with Crippen LogP contribution in [0.2, 0.25) is 0 Å². The van der Waals surface area contributed by atoms with Crippen molar-refractivity contribution in [3.05, 3.63) is 23.7 Å². The fraction of sp³-hybridized carbons (Fsp3) is 0. The average molecular weight is 183 g/mol. The second kappa shape index (κ2) is 2.81. The van der Waals surface area contributed by atoms with Crippen molar-refractivity contribution in [3.63, 3.8) is 0 Å². The third-order valence-electron chi connectivity index (χ3n) is 1.42. The molecule has 2 rings (SSSR count). The lowest BCUT2D eigenvalue weighted by atomic mass is 10.3. The van der Waals surface area contributed by atoms with Gasteiger partial charge < -0.3 is 4.55 Å². The minimum atomic E-state index is 0.747. The molecular formula is C7H5NOS2. The lowest BCUT2D eigenvalue weighted by molar-refractivity contribution is 0.664. The summed E-state index contributed by atoms with van der Waals surface area (Å²) in [5, 5.41) is 0. The van der Waals surface area contributed by atoms with Gasteiger partial charge in [0.05, 0.1) is 20.6 Å². The Morgan fingerprint density at radius 1 is 1.45 bits per heavy atom. The fourth-order valence-electron chi connectivity index (χ4n) is 0.934. The third kappa shape index (κ3) is 1.13. The summed E-state index contributed by atoms with van der Waals surface area (Å²) in [7, 11) is 0. The molecule has 0 aliphatic heterocycles. The van der Waals surface area contributed by atoms with Crippen molar-refractivity contribution in [1.82, 2.24) is 4.98 Å². The van der Waals surface area contributed by atoms with Crippen molar-refractivity contribution < 1.29 is 4.55 Å². The number of hydrogen-bond acceptors (Lipinski definition) is 4. The van der Waals surface area contributed by atoms with E-state index in [1.54, 1.807) is 16.8 Å². The van der Waals surface area contributed by atoms with Crippen LogP contribution in [0.4, 0.5) is 0 Å². The molecule has 0 saturated heterocycles. The Morgan fingerprint density at radius 2 is 2.36 bits per heavy atom. The number of aromatic nitrogens is 1. The van der Waals surface area contributed by atoms with E-state index in [4.69, 9.17) is 4.55 Å². The maximum Gasteiger partial charge on any atom is 0.0970 e. The summed E-state index contributed by atoms with van der Waals surface area (Å²) in [5.74, 6) is 0. The van der Waals surface area contributed by atoms with E-state index in [0.29, 0.717) is 0 Å². The molecule has 0 bridgehead atoms. The van der Waals surface area contributed by atoms with E-state index in [1.807, 2.05) is 18.2 Å². The number of nitrogens with zero attached hydrogens (tertiary/aromatic N) is 1. The molecule has 0 amide bonds. The maximum absolute atomic E-state index is 8.84. The van der Waals surface area contributed by atoms with Crippen LogP contribution < -0.4 is 0 Å². The molecule has 0 aliphatic rings. The molecule has 1 aromatic carbocycles. The van der Waals surface area contributed by atoms with Crippen LogP contribution in [0.15, 0.2) is 28.6 Å². The van der Waals surface area contributed by atoms with Crippen molar-refractivity contribution in [2.75, 3.05) is 0 Å². The first-order valence-corrected chi connectivity index (χ1v) is 4.71. The van der Waals surface area contributed by atoms with Gasteiger partial charge in [-0.25, -0.2) is 4.98 Å². The molecule has 0 unspecified atom stereocenters. The van der Waals surface area contributed by atoms with E-state index in [1.165, 1.54) is 0 Å². The van der Waals surface area contributed by atoms with Gasteiger partial charge in [0.25, 0.3) is 0 Å². The Balaban J connectivity index is 2.79. The smallest absolute Gasteiger partial charge is 0.0970 e. The molecule has 2 nitrogen and oxygen atoms in total. The normalized spacial score (nSPS) is 10.6. The van der Waals surface area contributed by atoms with Gasteiger partial charge in [-0.1, -0.05) is 6.07 Å². The minimum absolute atomic E-state index is 0.747. The SMILES string of the molecule is OSc1cccc2scnc12. The second-order valence-corrected chi connectivity index (χ2v) is 3.56. The summed E-state index contributed by atoms with van der Waals surface area (Å²) in [6.07, 6.45) is 0.